The van der Waals surface area contributed by atoms with Crippen molar-refractivity contribution in [2.45, 2.75) is 19.6 Å². The third-order valence-corrected chi connectivity index (χ3v) is 4.38. The Morgan fingerprint density at radius 2 is 1.89 bits per heavy atom. The smallest absolute Gasteiger partial charge is 0.269 e. The van der Waals surface area contributed by atoms with E-state index in [0.717, 1.165) is 0 Å². The van der Waals surface area contributed by atoms with Gasteiger partial charge in [-0.15, -0.1) is 0 Å². The quantitative estimate of drug-likeness (QED) is 0.581. The van der Waals surface area contributed by atoms with E-state index in [4.69, 9.17) is 16.3 Å². The number of rotatable bonds is 6. The number of carbonyl (C=O) groups is 1. The van der Waals surface area contributed by atoms with E-state index in [9.17, 15) is 13.6 Å². The highest BCUT2D eigenvalue weighted by Crippen LogP contribution is 2.24. The molecule has 1 heterocycles. The van der Waals surface area contributed by atoms with Crippen molar-refractivity contribution in [1.29, 1.82) is 0 Å². The van der Waals surface area contributed by atoms with Gasteiger partial charge < -0.3 is 4.74 Å². The number of para-hydroxylation sites is 1. The molecule has 0 radical (unpaired) electrons. The molecule has 0 spiro atoms. The Morgan fingerprint density at radius 3 is 2.57 bits per heavy atom. The lowest BCUT2D eigenvalue weighted by Crippen LogP contribution is -2.40. The minimum absolute atomic E-state index is 0.0239. The Morgan fingerprint density at radius 1 is 1.14 bits per heavy atom. The Labute approximate surface area is 166 Å². The van der Waals surface area contributed by atoms with Gasteiger partial charge in [0.25, 0.3) is 5.91 Å². The van der Waals surface area contributed by atoms with Crippen LogP contribution in [0.15, 0.2) is 66.9 Å². The number of benzene rings is 2. The average molecular weight is 403 g/mol. The number of carbonyl (C=O) groups excluding carboxylic acids is 1. The predicted octanol–water partition coefficient (Wildman–Crippen LogP) is 5.01. The molecule has 3 rings (SSSR count). The van der Waals surface area contributed by atoms with Gasteiger partial charge in [0.2, 0.25) is 0 Å². The van der Waals surface area contributed by atoms with Crippen molar-refractivity contribution in [2.24, 2.45) is 0 Å². The van der Waals surface area contributed by atoms with Gasteiger partial charge in [-0.1, -0.05) is 35.9 Å². The fourth-order valence-corrected chi connectivity index (χ4v) is 2.83. The zero-order chi connectivity index (χ0) is 20.1. The summed E-state index contributed by atoms with van der Waals surface area (Å²) in [5, 5.41) is 0.191. The summed E-state index contributed by atoms with van der Waals surface area (Å²) in [5.41, 5.74) is 0.542. The lowest BCUT2D eigenvalue weighted by atomic mass is 10.2. The molecule has 1 aromatic heterocycles. The first-order valence-corrected chi connectivity index (χ1v) is 8.91. The molecular formula is C21H17ClF2N2O2. The van der Waals surface area contributed by atoms with Gasteiger partial charge in [-0.25, -0.2) is 13.8 Å². The fraction of sp³-hybridized carbons (Fsp3) is 0.143. The Bertz CT molecular complexity index is 970. The highest BCUT2D eigenvalue weighted by atomic mass is 35.5. The molecule has 1 atom stereocenters. The van der Waals surface area contributed by atoms with Crippen LogP contribution in [0.4, 0.5) is 14.6 Å². The van der Waals surface area contributed by atoms with Crippen LogP contribution in [0.1, 0.15) is 12.5 Å². The van der Waals surface area contributed by atoms with Crippen molar-refractivity contribution in [3.63, 3.8) is 0 Å². The number of anilines is 1. The summed E-state index contributed by atoms with van der Waals surface area (Å²) in [7, 11) is 0. The molecule has 28 heavy (non-hydrogen) atoms. The van der Waals surface area contributed by atoms with E-state index in [0.29, 0.717) is 11.4 Å². The lowest BCUT2D eigenvalue weighted by Gasteiger charge is -2.26. The van der Waals surface area contributed by atoms with Gasteiger partial charge in [-0.2, -0.15) is 0 Å². The van der Waals surface area contributed by atoms with Crippen LogP contribution in [0.3, 0.4) is 0 Å². The van der Waals surface area contributed by atoms with Crippen LogP contribution in [0.25, 0.3) is 0 Å². The molecule has 7 heteroatoms. The van der Waals surface area contributed by atoms with Crippen LogP contribution >= 0.6 is 11.6 Å². The van der Waals surface area contributed by atoms with Gasteiger partial charge in [0.15, 0.2) is 17.7 Å². The number of nitrogens with zero attached hydrogens (tertiary/aromatic N) is 2. The van der Waals surface area contributed by atoms with Gasteiger partial charge >= 0.3 is 0 Å². The van der Waals surface area contributed by atoms with Crippen molar-refractivity contribution in [1.82, 2.24) is 4.98 Å². The zero-order valence-electron chi connectivity index (χ0n) is 15.0. The minimum Gasteiger partial charge on any atom is -0.478 e. The summed E-state index contributed by atoms with van der Waals surface area (Å²) in [6.07, 6.45) is 0.558. The van der Waals surface area contributed by atoms with Crippen LogP contribution in [0.5, 0.6) is 5.75 Å². The molecule has 0 bridgehead atoms. The second kappa shape index (κ2) is 8.80. The molecular weight excluding hydrogens is 386 g/mol. The standard InChI is InChI=1S/C21H17ClF2N2O2/c1-14(28-19-7-3-2-6-18(19)24)21(27)26(20-8-4-5-11-25-20)13-15-9-10-16(23)12-17(15)22/h2-12,14H,13H2,1H3. The summed E-state index contributed by atoms with van der Waals surface area (Å²) in [6, 6.07) is 14.9. The number of ether oxygens (including phenoxy) is 1. The summed E-state index contributed by atoms with van der Waals surface area (Å²) < 4.78 is 32.7. The summed E-state index contributed by atoms with van der Waals surface area (Å²) in [5.74, 6) is -1.13. The van der Waals surface area contributed by atoms with Crippen LogP contribution < -0.4 is 9.64 Å². The largest absolute Gasteiger partial charge is 0.478 e. The van der Waals surface area contributed by atoms with Crippen LogP contribution in [-0.2, 0) is 11.3 Å². The molecule has 0 N–H and O–H groups in total. The molecule has 1 amide bonds. The van der Waals surface area contributed by atoms with E-state index in [2.05, 4.69) is 4.98 Å². The van der Waals surface area contributed by atoms with E-state index in [1.165, 1.54) is 48.2 Å². The lowest BCUT2D eigenvalue weighted by molar-refractivity contribution is -0.124. The van der Waals surface area contributed by atoms with Crippen molar-refractivity contribution >= 4 is 23.3 Å². The van der Waals surface area contributed by atoms with Crippen molar-refractivity contribution < 1.29 is 18.3 Å². The number of aromatic nitrogens is 1. The summed E-state index contributed by atoms with van der Waals surface area (Å²) in [6.45, 7) is 1.58. The van der Waals surface area contributed by atoms with Crippen LogP contribution in [-0.4, -0.2) is 17.0 Å². The van der Waals surface area contributed by atoms with Crippen LogP contribution in [0, 0.1) is 11.6 Å². The minimum atomic E-state index is -0.988. The maximum Gasteiger partial charge on any atom is 0.269 e. The topological polar surface area (TPSA) is 42.4 Å². The van der Waals surface area contributed by atoms with Gasteiger partial charge in [0.05, 0.1) is 6.54 Å². The van der Waals surface area contributed by atoms with Crippen molar-refractivity contribution in [2.75, 3.05) is 4.90 Å². The van der Waals surface area contributed by atoms with E-state index in [1.807, 2.05) is 0 Å². The number of hydrogen-bond donors (Lipinski definition) is 0. The third-order valence-electron chi connectivity index (χ3n) is 4.02. The Hall–Kier alpha value is -2.99. The van der Waals surface area contributed by atoms with E-state index in [-0.39, 0.29) is 17.3 Å². The Kier molecular flexibility index (Phi) is 6.21. The molecule has 0 aliphatic rings. The number of amides is 1. The molecule has 0 saturated heterocycles. The second-order valence-corrected chi connectivity index (χ2v) is 6.45. The molecule has 144 valence electrons. The Balaban J connectivity index is 1.88. The predicted molar refractivity (Wildman–Crippen MR) is 103 cm³/mol. The molecule has 3 aromatic rings. The summed E-state index contributed by atoms with van der Waals surface area (Å²) in [4.78, 5) is 18.6. The molecule has 0 aliphatic heterocycles. The molecule has 2 aromatic carbocycles. The van der Waals surface area contributed by atoms with Gasteiger partial charge in [0, 0.05) is 11.2 Å². The SMILES string of the molecule is CC(Oc1ccccc1F)C(=O)N(Cc1ccc(F)cc1Cl)c1ccccn1. The number of hydrogen-bond acceptors (Lipinski definition) is 3. The maximum atomic E-state index is 13.9. The van der Waals surface area contributed by atoms with Crippen LogP contribution in [0.2, 0.25) is 5.02 Å². The zero-order valence-corrected chi connectivity index (χ0v) is 15.7. The first-order valence-electron chi connectivity index (χ1n) is 8.53. The van der Waals surface area contributed by atoms with Crippen molar-refractivity contribution in [3.05, 3.63) is 89.1 Å². The first kappa shape index (κ1) is 19.8. The normalized spacial score (nSPS) is 11.7. The van der Waals surface area contributed by atoms with Gasteiger partial charge in [0.1, 0.15) is 11.6 Å². The highest BCUT2D eigenvalue weighted by molar-refractivity contribution is 6.31. The van der Waals surface area contributed by atoms with Crippen molar-refractivity contribution in [3.8, 4) is 5.75 Å². The van der Waals surface area contributed by atoms with E-state index < -0.39 is 23.6 Å². The molecule has 0 fully saturated rings. The third kappa shape index (κ3) is 4.64. The monoisotopic (exact) mass is 402 g/mol. The average Bonchev–Trinajstić information content (AvgIpc) is 2.69. The number of halogens is 3. The van der Waals surface area contributed by atoms with Gasteiger partial charge in [-0.05, 0) is 48.9 Å². The fourth-order valence-electron chi connectivity index (χ4n) is 2.61. The molecule has 0 aliphatic carbocycles. The second-order valence-electron chi connectivity index (χ2n) is 6.04. The van der Waals surface area contributed by atoms with Gasteiger partial charge in [-0.3, -0.25) is 9.69 Å². The molecule has 1 unspecified atom stereocenters. The molecule has 0 saturated carbocycles. The summed E-state index contributed by atoms with van der Waals surface area (Å²) >= 11 is 6.12. The number of pyridine rings is 1. The maximum absolute atomic E-state index is 13.9. The molecule has 4 nitrogen and oxygen atoms in total. The first-order chi connectivity index (χ1) is 13.5. The van der Waals surface area contributed by atoms with E-state index >= 15 is 0 Å². The van der Waals surface area contributed by atoms with E-state index in [1.54, 1.807) is 30.5 Å². The highest BCUT2D eigenvalue weighted by Gasteiger charge is 2.26.